The minimum absolute atomic E-state index is 0.155. The molecule has 2 rings (SSSR count). The van der Waals surface area contributed by atoms with Crippen LogP contribution in [0.15, 0.2) is 39.8 Å². The average molecular weight is 358 g/mol. The van der Waals surface area contributed by atoms with Gasteiger partial charge in [0.2, 0.25) is 5.89 Å². The monoisotopic (exact) mass is 357 g/mol. The maximum atomic E-state index is 5.33. The lowest BCUT2D eigenvalue weighted by molar-refractivity contribution is 0.318. The third-order valence-electron chi connectivity index (χ3n) is 4.27. The number of aliphatic imine (C=N–C) groups is 1. The van der Waals surface area contributed by atoms with Gasteiger partial charge in [-0.05, 0) is 19.4 Å². The summed E-state index contributed by atoms with van der Waals surface area (Å²) in [6.45, 7) is 13.7. The van der Waals surface area contributed by atoms with E-state index < -0.39 is 0 Å². The molecule has 6 nitrogen and oxygen atoms in total. The van der Waals surface area contributed by atoms with E-state index in [1.54, 1.807) is 0 Å². The SMILES string of the molecule is CCNC(=NCc1noc(C(C)(C)C)n1)NC(C)C(C)c1ccccc1. The number of nitrogens with zero attached hydrogens (tertiary/aromatic N) is 3. The summed E-state index contributed by atoms with van der Waals surface area (Å²) >= 11 is 0. The van der Waals surface area contributed by atoms with Crippen LogP contribution in [-0.2, 0) is 12.0 Å². The molecule has 0 spiro atoms. The molecule has 0 fully saturated rings. The van der Waals surface area contributed by atoms with Crippen molar-refractivity contribution in [1.82, 2.24) is 20.8 Å². The molecule has 1 aromatic carbocycles. The van der Waals surface area contributed by atoms with Crippen molar-refractivity contribution in [2.75, 3.05) is 6.54 Å². The molecule has 2 N–H and O–H groups in total. The summed E-state index contributed by atoms with van der Waals surface area (Å²) in [6, 6.07) is 10.7. The maximum absolute atomic E-state index is 5.33. The first-order valence-electron chi connectivity index (χ1n) is 9.24. The van der Waals surface area contributed by atoms with Crippen molar-refractivity contribution in [3.05, 3.63) is 47.6 Å². The lowest BCUT2D eigenvalue weighted by Crippen LogP contribution is -2.44. The minimum Gasteiger partial charge on any atom is -0.357 e. The Hall–Kier alpha value is -2.37. The van der Waals surface area contributed by atoms with Crippen molar-refractivity contribution in [2.24, 2.45) is 4.99 Å². The van der Waals surface area contributed by atoms with Crippen LogP contribution in [0.5, 0.6) is 0 Å². The number of nitrogens with one attached hydrogen (secondary N) is 2. The number of hydrogen-bond acceptors (Lipinski definition) is 4. The van der Waals surface area contributed by atoms with Crippen molar-refractivity contribution >= 4 is 5.96 Å². The van der Waals surface area contributed by atoms with Crippen LogP contribution >= 0.6 is 0 Å². The molecule has 0 radical (unpaired) electrons. The highest BCUT2D eigenvalue weighted by Crippen LogP contribution is 2.20. The number of aromatic nitrogens is 2. The predicted molar refractivity (Wildman–Crippen MR) is 105 cm³/mol. The van der Waals surface area contributed by atoms with Gasteiger partial charge in [-0.2, -0.15) is 4.98 Å². The molecule has 2 atom stereocenters. The lowest BCUT2D eigenvalue weighted by atomic mass is 9.94. The minimum atomic E-state index is -0.155. The van der Waals surface area contributed by atoms with E-state index in [0.717, 1.165) is 12.5 Å². The Morgan fingerprint density at radius 3 is 2.46 bits per heavy atom. The second-order valence-electron chi connectivity index (χ2n) is 7.59. The van der Waals surface area contributed by atoms with E-state index >= 15 is 0 Å². The predicted octanol–water partition coefficient (Wildman–Crippen LogP) is 3.61. The van der Waals surface area contributed by atoms with Crippen LogP contribution in [0.3, 0.4) is 0 Å². The zero-order valence-electron chi connectivity index (χ0n) is 16.7. The smallest absolute Gasteiger partial charge is 0.232 e. The van der Waals surface area contributed by atoms with Gasteiger partial charge in [-0.25, -0.2) is 4.99 Å². The fourth-order valence-corrected chi connectivity index (χ4v) is 2.48. The zero-order valence-corrected chi connectivity index (χ0v) is 16.7. The first-order chi connectivity index (χ1) is 12.3. The Kier molecular flexibility index (Phi) is 6.77. The number of benzene rings is 1. The van der Waals surface area contributed by atoms with Crippen LogP contribution in [-0.4, -0.2) is 28.7 Å². The topological polar surface area (TPSA) is 75.3 Å². The Bertz CT molecular complexity index is 702. The van der Waals surface area contributed by atoms with Crippen molar-refractivity contribution in [1.29, 1.82) is 0 Å². The molecule has 0 saturated carbocycles. The van der Waals surface area contributed by atoms with E-state index in [1.165, 1.54) is 5.56 Å². The molecule has 0 aliphatic carbocycles. The molecule has 0 saturated heterocycles. The van der Waals surface area contributed by atoms with Crippen LogP contribution in [0.2, 0.25) is 0 Å². The van der Waals surface area contributed by atoms with Gasteiger partial charge in [0.25, 0.3) is 0 Å². The van der Waals surface area contributed by atoms with Crippen molar-refractivity contribution < 1.29 is 4.52 Å². The van der Waals surface area contributed by atoms with Gasteiger partial charge < -0.3 is 15.2 Å². The summed E-state index contributed by atoms with van der Waals surface area (Å²) < 4.78 is 5.33. The molecule has 2 aromatic rings. The van der Waals surface area contributed by atoms with E-state index in [0.29, 0.717) is 24.2 Å². The standard InChI is InChI=1S/C20H31N5O/c1-7-21-19(22-13-17-24-18(26-25-17)20(4,5)6)23-15(3)14(2)16-11-9-8-10-12-16/h8-12,14-15H,7,13H2,1-6H3,(H2,21,22,23). The van der Waals surface area contributed by atoms with Gasteiger partial charge in [0.05, 0.1) is 0 Å². The summed E-state index contributed by atoms with van der Waals surface area (Å²) in [6.07, 6.45) is 0. The first kappa shape index (κ1) is 19.9. The lowest BCUT2D eigenvalue weighted by Gasteiger charge is -2.24. The average Bonchev–Trinajstić information content (AvgIpc) is 3.09. The number of rotatable bonds is 6. The molecule has 1 heterocycles. The molecule has 1 aromatic heterocycles. The highest BCUT2D eigenvalue weighted by atomic mass is 16.5. The molecule has 142 valence electrons. The fourth-order valence-electron chi connectivity index (χ4n) is 2.48. The van der Waals surface area contributed by atoms with Crippen LogP contribution in [0.25, 0.3) is 0 Å². The van der Waals surface area contributed by atoms with Gasteiger partial charge >= 0.3 is 0 Å². The van der Waals surface area contributed by atoms with Crippen LogP contribution < -0.4 is 10.6 Å². The van der Waals surface area contributed by atoms with Crippen LogP contribution in [0.4, 0.5) is 0 Å². The highest BCUT2D eigenvalue weighted by Gasteiger charge is 2.21. The quantitative estimate of drug-likeness (QED) is 0.610. The molecule has 0 amide bonds. The second kappa shape index (κ2) is 8.83. The largest absolute Gasteiger partial charge is 0.357 e. The van der Waals surface area contributed by atoms with Crippen molar-refractivity contribution in [3.8, 4) is 0 Å². The zero-order chi connectivity index (χ0) is 19.2. The summed E-state index contributed by atoms with van der Waals surface area (Å²) in [5.41, 5.74) is 1.15. The van der Waals surface area contributed by atoms with Gasteiger partial charge in [0.1, 0.15) is 6.54 Å². The van der Waals surface area contributed by atoms with Gasteiger partial charge in [-0.1, -0.05) is 63.2 Å². The molecular formula is C20H31N5O. The number of guanidine groups is 1. The summed E-state index contributed by atoms with van der Waals surface area (Å²) in [7, 11) is 0. The van der Waals surface area contributed by atoms with Gasteiger partial charge in [0.15, 0.2) is 11.8 Å². The normalized spacial score (nSPS) is 14.8. The summed E-state index contributed by atoms with van der Waals surface area (Å²) in [5.74, 6) is 2.34. The van der Waals surface area contributed by atoms with Gasteiger partial charge in [-0.15, -0.1) is 0 Å². The van der Waals surface area contributed by atoms with Crippen molar-refractivity contribution in [2.45, 2.75) is 65.5 Å². The van der Waals surface area contributed by atoms with E-state index in [2.05, 4.69) is 70.8 Å². The molecule has 0 bridgehead atoms. The Morgan fingerprint density at radius 2 is 1.88 bits per heavy atom. The number of hydrogen-bond donors (Lipinski definition) is 2. The Morgan fingerprint density at radius 1 is 1.19 bits per heavy atom. The summed E-state index contributed by atoms with van der Waals surface area (Å²) in [4.78, 5) is 9.04. The van der Waals surface area contributed by atoms with Gasteiger partial charge in [0, 0.05) is 23.9 Å². The van der Waals surface area contributed by atoms with E-state index in [1.807, 2.05) is 26.8 Å². The highest BCUT2D eigenvalue weighted by molar-refractivity contribution is 5.80. The van der Waals surface area contributed by atoms with E-state index in [9.17, 15) is 0 Å². The van der Waals surface area contributed by atoms with E-state index in [4.69, 9.17) is 4.52 Å². The molecule has 0 aliphatic heterocycles. The molecule has 26 heavy (non-hydrogen) atoms. The molecule has 0 aliphatic rings. The summed E-state index contributed by atoms with van der Waals surface area (Å²) in [5, 5.41) is 10.8. The third-order valence-corrected chi connectivity index (χ3v) is 4.27. The Labute approximate surface area is 156 Å². The van der Waals surface area contributed by atoms with Crippen LogP contribution in [0, 0.1) is 0 Å². The molecule has 2 unspecified atom stereocenters. The van der Waals surface area contributed by atoms with E-state index in [-0.39, 0.29) is 11.5 Å². The fraction of sp³-hybridized carbons (Fsp3) is 0.550. The maximum Gasteiger partial charge on any atom is 0.232 e. The first-order valence-corrected chi connectivity index (χ1v) is 9.24. The molecular weight excluding hydrogens is 326 g/mol. The van der Waals surface area contributed by atoms with Crippen molar-refractivity contribution in [3.63, 3.8) is 0 Å². The molecule has 6 heteroatoms. The second-order valence-corrected chi connectivity index (χ2v) is 7.59. The van der Waals surface area contributed by atoms with Crippen LogP contribution in [0.1, 0.15) is 64.7 Å². The van der Waals surface area contributed by atoms with Gasteiger partial charge in [-0.3, -0.25) is 0 Å². The third kappa shape index (κ3) is 5.58. The Balaban J connectivity index is 2.03.